The van der Waals surface area contributed by atoms with Crippen molar-refractivity contribution in [2.24, 2.45) is 0 Å². The van der Waals surface area contributed by atoms with Crippen molar-refractivity contribution in [3.63, 3.8) is 0 Å². The standard InChI is InChI=1S/C29H23BrIN3O3S/c1-17-7-3-4-8-20(17)27(36)26-25(21-9-5-6-10-23(21)31)22(15-32)28(34-29(26,2)37)38-16-24(35)33-19-13-11-18(30)12-14-19/h3-14,34,37H,16H2,1-2H3,(H,33,35)/t29-/m1/s1. The summed E-state index contributed by atoms with van der Waals surface area (Å²) in [6.07, 6.45) is 0. The molecule has 0 bridgehead atoms. The number of carbonyl (C=O) groups excluding carboxylic acids is 2. The first-order valence-corrected chi connectivity index (χ1v) is 14.4. The number of aliphatic hydroxyl groups is 1. The van der Waals surface area contributed by atoms with Gasteiger partial charge in [-0.15, -0.1) is 0 Å². The molecule has 0 radical (unpaired) electrons. The molecule has 192 valence electrons. The van der Waals surface area contributed by atoms with Crippen molar-refractivity contribution in [3.05, 3.63) is 114 Å². The lowest BCUT2D eigenvalue weighted by Crippen LogP contribution is -2.48. The number of allylic oxidation sites excluding steroid dienone is 2. The number of nitriles is 1. The highest BCUT2D eigenvalue weighted by molar-refractivity contribution is 14.1. The molecule has 0 saturated carbocycles. The summed E-state index contributed by atoms with van der Waals surface area (Å²) < 4.78 is 1.71. The zero-order valence-corrected chi connectivity index (χ0v) is 25.1. The van der Waals surface area contributed by atoms with Crippen LogP contribution in [0.3, 0.4) is 0 Å². The Morgan fingerprint density at radius 3 is 2.42 bits per heavy atom. The van der Waals surface area contributed by atoms with Gasteiger partial charge in [-0.25, -0.2) is 0 Å². The van der Waals surface area contributed by atoms with Crippen molar-refractivity contribution < 1.29 is 14.7 Å². The van der Waals surface area contributed by atoms with Crippen LogP contribution in [-0.2, 0) is 4.79 Å². The third-order valence-electron chi connectivity index (χ3n) is 5.92. The molecule has 1 atom stereocenters. The Morgan fingerprint density at radius 1 is 1.11 bits per heavy atom. The predicted molar refractivity (Wildman–Crippen MR) is 163 cm³/mol. The van der Waals surface area contributed by atoms with Gasteiger partial charge in [-0.1, -0.05) is 70.2 Å². The molecule has 1 aliphatic heterocycles. The number of dihydropyridines is 1. The molecule has 0 aliphatic carbocycles. The number of aryl methyl sites for hydroxylation is 1. The number of ketones is 1. The summed E-state index contributed by atoms with van der Waals surface area (Å²) in [5.74, 6) is -0.662. The first-order valence-electron chi connectivity index (χ1n) is 11.6. The first kappa shape index (κ1) is 28.1. The number of nitrogens with zero attached hydrogens (tertiary/aromatic N) is 1. The Bertz CT molecular complexity index is 1520. The molecule has 0 spiro atoms. The maximum absolute atomic E-state index is 13.9. The van der Waals surface area contributed by atoms with Gasteiger partial charge in [0, 0.05) is 24.9 Å². The quantitative estimate of drug-likeness (QED) is 0.195. The molecule has 3 N–H and O–H groups in total. The highest BCUT2D eigenvalue weighted by Crippen LogP contribution is 2.42. The summed E-state index contributed by atoms with van der Waals surface area (Å²) in [7, 11) is 0. The SMILES string of the molecule is Cc1ccccc1C(=O)C1=C(c2ccccc2I)C(C#N)=C(SCC(=O)Nc2ccc(Br)cc2)N[C@]1(C)O. The van der Waals surface area contributed by atoms with Crippen LogP contribution in [0.2, 0.25) is 0 Å². The van der Waals surface area contributed by atoms with Crippen LogP contribution in [0.15, 0.2) is 93.4 Å². The average Bonchev–Trinajstić information content (AvgIpc) is 2.88. The Labute approximate surface area is 247 Å². The molecule has 1 heterocycles. The number of carbonyl (C=O) groups is 2. The van der Waals surface area contributed by atoms with Crippen LogP contribution >= 0.6 is 50.3 Å². The van der Waals surface area contributed by atoms with Gasteiger partial charge in [0.15, 0.2) is 11.5 Å². The van der Waals surface area contributed by atoms with Gasteiger partial charge >= 0.3 is 0 Å². The van der Waals surface area contributed by atoms with Crippen LogP contribution < -0.4 is 10.6 Å². The summed E-state index contributed by atoms with van der Waals surface area (Å²) in [6, 6.07) is 24.0. The lowest BCUT2D eigenvalue weighted by molar-refractivity contribution is -0.113. The topological polar surface area (TPSA) is 102 Å². The molecule has 1 aliphatic rings. The van der Waals surface area contributed by atoms with Gasteiger partial charge in [-0.2, -0.15) is 5.26 Å². The maximum Gasteiger partial charge on any atom is 0.234 e. The number of rotatable bonds is 7. The third-order valence-corrected chi connectivity index (χ3v) is 8.39. The largest absolute Gasteiger partial charge is 0.367 e. The average molecular weight is 700 g/mol. The Kier molecular flexibility index (Phi) is 8.78. The fraction of sp³-hybridized carbons (Fsp3) is 0.138. The minimum Gasteiger partial charge on any atom is -0.367 e. The number of hydrogen-bond acceptors (Lipinski definition) is 6. The summed E-state index contributed by atoms with van der Waals surface area (Å²) in [5.41, 5.74) is 1.31. The second-order valence-electron chi connectivity index (χ2n) is 8.73. The summed E-state index contributed by atoms with van der Waals surface area (Å²) in [6.45, 7) is 3.32. The molecule has 38 heavy (non-hydrogen) atoms. The minimum absolute atomic E-state index is 0.0140. The van der Waals surface area contributed by atoms with Gasteiger partial charge < -0.3 is 15.7 Å². The lowest BCUT2D eigenvalue weighted by Gasteiger charge is -2.36. The van der Waals surface area contributed by atoms with E-state index in [1.54, 1.807) is 24.3 Å². The van der Waals surface area contributed by atoms with Crippen LogP contribution in [0.25, 0.3) is 5.57 Å². The van der Waals surface area contributed by atoms with E-state index in [0.717, 1.165) is 25.4 Å². The second kappa shape index (κ2) is 11.9. The van der Waals surface area contributed by atoms with Crippen LogP contribution in [-0.4, -0.2) is 28.3 Å². The van der Waals surface area contributed by atoms with E-state index in [0.29, 0.717) is 27.4 Å². The molecule has 0 aromatic heterocycles. The smallest absolute Gasteiger partial charge is 0.234 e. The van der Waals surface area contributed by atoms with Crippen molar-refractivity contribution in [1.82, 2.24) is 5.32 Å². The zero-order chi connectivity index (χ0) is 27.4. The van der Waals surface area contributed by atoms with Gasteiger partial charge in [-0.05, 0) is 77.9 Å². The predicted octanol–water partition coefficient (Wildman–Crippen LogP) is 6.42. The van der Waals surface area contributed by atoms with Gasteiger partial charge in [0.2, 0.25) is 5.91 Å². The number of halogens is 2. The number of benzene rings is 3. The highest BCUT2D eigenvalue weighted by atomic mass is 127. The molecule has 3 aromatic rings. The number of hydrogen-bond donors (Lipinski definition) is 3. The minimum atomic E-state index is -1.81. The monoisotopic (exact) mass is 699 g/mol. The molecular weight excluding hydrogens is 677 g/mol. The van der Waals surface area contributed by atoms with Crippen molar-refractivity contribution in [2.75, 3.05) is 11.1 Å². The molecule has 3 aromatic carbocycles. The Hall–Kier alpha value is -2.91. The van der Waals surface area contributed by atoms with E-state index in [2.05, 4.69) is 55.2 Å². The van der Waals surface area contributed by atoms with E-state index in [9.17, 15) is 20.0 Å². The van der Waals surface area contributed by atoms with Gasteiger partial charge in [0.1, 0.15) is 6.07 Å². The van der Waals surface area contributed by atoms with Crippen molar-refractivity contribution in [2.45, 2.75) is 19.6 Å². The van der Waals surface area contributed by atoms with Crippen molar-refractivity contribution in [3.8, 4) is 6.07 Å². The van der Waals surface area contributed by atoms with Gasteiger partial charge in [-0.3, -0.25) is 9.59 Å². The molecule has 0 saturated heterocycles. The molecule has 1 amide bonds. The van der Waals surface area contributed by atoms with Crippen LogP contribution in [0, 0.1) is 21.8 Å². The number of anilines is 1. The summed E-state index contributed by atoms with van der Waals surface area (Å²) in [4.78, 5) is 26.6. The molecule has 0 fully saturated rings. The lowest BCUT2D eigenvalue weighted by atomic mass is 9.82. The Balaban J connectivity index is 1.79. The Morgan fingerprint density at radius 2 is 1.76 bits per heavy atom. The number of amides is 1. The molecule has 6 nitrogen and oxygen atoms in total. The van der Waals surface area contributed by atoms with Crippen LogP contribution in [0.1, 0.15) is 28.4 Å². The molecular formula is C29H23BrIN3O3S. The molecule has 9 heteroatoms. The second-order valence-corrected chi connectivity index (χ2v) is 11.8. The van der Waals surface area contributed by atoms with E-state index < -0.39 is 5.72 Å². The number of nitrogens with one attached hydrogen (secondary N) is 2. The third kappa shape index (κ3) is 6.04. The fourth-order valence-electron chi connectivity index (χ4n) is 4.14. The van der Waals surface area contributed by atoms with Crippen molar-refractivity contribution >= 4 is 73.2 Å². The summed E-state index contributed by atoms with van der Waals surface area (Å²) in [5, 5.41) is 28.1. The maximum atomic E-state index is 13.9. The number of thioether (sulfide) groups is 1. The highest BCUT2D eigenvalue weighted by Gasteiger charge is 2.42. The van der Waals surface area contributed by atoms with E-state index in [4.69, 9.17) is 0 Å². The van der Waals surface area contributed by atoms with E-state index in [1.807, 2.05) is 55.5 Å². The molecule has 0 unspecified atom stereocenters. The van der Waals surface area contributed by atoms with E-state index in [1.165, 1.54) is 6.92 Å². The van der Waals surface area contributed by atoms with Crippen LogP contribution in [0.5, 0.6) is 0 Å². The molecule has 4 rings (SSSR count). The number of Topliss-reactive ketones (excluding diaryl/α,β-unsaturated/α-hetero) is 1. The van der Waals surface area contributed by atoms with Crippen molar-refractivity contribution in [1.29, 1.82) is 5.26 Å². The van der Waals surface area contributed by atoms with E-state index in [-0.39, 0.29) is 28.6 Å². The normalized spacial score (nSPS) is 17.1. The van der Waals surface area contributed by atoms with E-state index >= 15 is 0 Å². The van der Waals surface area contributed by atoms with Crippen LogP contribution in [0.4, 0.5) is 5.69 Å². The van der Waals surface area contributed by atoms with Gasteiger partial charge in [0.05, 0.1) is 21.9 Å². The van der Waals surface area contributed by atoms with Gasteiger partial charge in [0.25, 0.3) is 0 Å². The fourth-order valence-corrected chi connectivity index (χ4v) is 5.97. The summed E-state index contributed by atoms with van der Waals surface area (Å²) >= 11 is 6.62. The zero-order valence-electron chi connectivity index (χ0n) is 20.5. The first-order chi connectivity index (χ1) is 18.1.